The van der Waals surface area contributed by atoms with E-state index in [0.29, 0.717) is 34.2 Å². The van der Waals surface area contributed by atoms with E-state index in [-0.39, 0.29) is 24.8 Å². The highest BCUT2D eigenvalue weighted by Crippen LogP contribution is 2.30. The average Bonchev–Trinajstić information content (AvgIpc) is 3.17. The zero-order valence-corrected chi connectivity index (χ0v) is 21.1. The van der Waals surface area contributed by atoms with Crippen LogP contribution in [0.4, 0.5) is 5.69 Å². The monoisotopic (exact) mass is 506 g/mol. The second kappa shape index (κ2) is 10.8. The number of benzene rings is 3. The molecule has 1 aliphatic heterocycles. The molecule has 8 heteroatoms. The number of nitrogens with zero attached hydrogens (tertiary/aromatic N) is 2. The summed E-state index contributed by atoms with van der Waals surface area (Å²) in [4.78, 5) is 42.7. The topological polar surface area (TPSA) is 76.2 Å². The molecule has 0 bridgehead atoms. The number of halogens is 1. The number of methoxy groups -OCH3 is 2. The largest absolute Gasteiger partial charge is 0.493 e. The van der Waals surface area contributed by atoms with Crippen LogP contribution in [-0.4, -0.2) is 49.4 Å². The fourth-order valence-corrected chi connectivity index (χ4v) is 4.48. The zero-order valence-electron chi connectivity index (χ0n) is 20.4. The van der Waals surface area contributed by atoms with Crippen LogP contribution in [-0.2, 0) is 16.0 Å². The van der Waals surface area contributed by atoms with E-state index in [4.69, 9.17) is 21.1 Å². The molecule has 1 heterocycles. The fraction of sp³-hybridized carbons (Fsp3) is 0.250. The first-order valence-electron chi connectivity index (χ1n) is 11.5. The highest BCUT2D eigenvalue weighted by Gasteiger charge is 2.44. The Bertz CT molecular complexity index is 1290. The number of carbonyl (C=O) groups is 3. The summed E-state index contributed by atoms with van der Waals surface area (Å²) in [7, 11) is 3.12. The first-order valence-corrected chi connectivity index (χ1v) is 11.9. The van der Waals surface area contributed by atoms with Crippen LogP contribution in [0, 0.1) is 6.92 Å². The maximum absolute atomic E-state index is 13.7. The van der Waals surface area contributed by atoms with Gasteiger partial charge >= 0.3 is 0 Å². The molecule has 1 aliphatic rings. The summed E-state index contributed by atoms with van der Waals surface area (Å²) in [5, 5.41) is 0.501. The molecular formula is C28H27ClN2O5. The summed E-state index contributed by atoms with van der Waals surface area (Å²) in [6, 6.07) is 18.3. The van der Waals surface area contributed by atoms with Gasteiger partial charge < -0.3 is 14.4 Å². The second-order valence-corrected chi connectivity index (χ2v) is 9.01. The van der Waals surface area contributed by atoms with Crippen LogP contribution in [0.1, 0.15) is 27.9 Å². The van der Waals surface area contributed by atoms with E-state index in [1.807, 2.05) is 25.1 Å². The lowest BCUT2D eigenvalue weighted by molar-refractivity contribution is -0.122. The van der Waals surface area contributed by atoms with Gasteiger partial charge in [0.15, 0.2) is 11.5 Å². The Balaban J connectivity index is 1.64. The van der Waals surface area contributed by atoms with Crippen molar-refractivity contribution in [1.82, 2.24) is 4.90 Å². The molecule has 1 saturated heterocycles. The summed E-state index contributed by atoms with van der Waals surface area (Å²) in [6.45, 7) is 2.14. The molecule has 3 aromatic carbocycles. The molecule has 36 heavy (non-hydrogen) atoms. The van der Waals surface area contributed by atoms with Crippen molar-refractivity contribution < 1.29 is 23.9 Å². The third-order valence-electron chi connectivity index (χ3n) is 6.20. The van der Waals surface area contributed by atoms with E-state index in [1.54, 1.807) is 62.8 Å². The molecule has 0 spiro atoms. The minimum Gasteiger partial charge on any atom is -0.493 e. The number of amides is 3. The number of anilines is 1. The first-order chi connectivity index (χ1) is 17.3. The number of hydrogen-bond acceptors (Lipinski definition) is 5. The third kappa shape index (κ3) is 5.21. The molecule has 186 valence electrons. The molecule has 0 aromatic heterocycles. The summed E-state index contributed by atoms with van der Waals surface area (Å²) < 4.78 is 10.7. The van der Waals surface area contributed by atoms with Crippen molar-refractivity contribution in [3.05, 3.63) is 88.4 Å². The van der Waals surface area contributed by atoms with Crippen LogP contribution in [0.25, 0.3) is 0 Å². The lowest BCUT2D eigenvalue weighted by Gasteiger charge is -2.28. The van der Waals surface area contributed by atoms with E-state index in [0.717, 1.165) is 16.0 Å². The van der Waals surface area contributed by atoms with Gasteiger partial charge in [0.1, 0.15) is 6.04 Å². The number of carbonyl (C=O) groups excluding carboxylic acids is 3. The van der Waals surface area contributed by atoms with Crippen LogP contribution < -0.4 is 14.4 Å². The lowest BCUT2D eigenvalue weighted by Crippen LogP contribution is -2.46. The number of rotatable bonds is 8. The van der Waals surface area contributed by atoms with Gasteiger partial charge in [0.25, 0.3) is 11.8 Å². The molecule has 0 aliphatic carbocycles. The van der Waals surface area contributed by atoms with E-state index in [2.05, 4.69) is 0 Å². The van der Waals surface area contributed by atoms with Crippen LogP contribution in [0.15, 0.2) is 66.7 Å². The smallest absolute Gasteiger partial charge is 0.257 e. The minimum atomic E-state index is -0.915. The van der Waals surface area contributed by atoms with E-state index in [9.17, 15) is 14.4 Å². The highest BCUT2D eigenvalue weighted by atomic mass is 35.5. The maximum Gasteiger partial charge on any atom is 0.257 e. The van der Waals surface area contributed by atoms with Crippen LogP contribution >= 0.6 is 11.6 Å². The van der Waals surface area contributed by atoms with E-state index in [1.165, 1.54) is 4.90 Å². The van der Waals surface area contributed by atoms with E-state index >= 15 is 0 Å². The predicted molar refractivity (Wildman–Crippen MR) is 138 cm³/mol. The van der Waals surface area contributed by atoms with Gasteiger partial charge in [-0.15, -0.1) is 0 Å². The summed E-state index contributed by atoms with van der Waals surface area (Å²) in [5.74, 6) is 0.0797. The average molecular weight is 507 g/mol. The summed E-state index contributed by atoms with van der Waals surface area (Å²) >= 11 is 5.97. The lowest BCUT2D eigenvalue weighted by atomic mass is 10.1. The maximum atomic E-state index is 13.7. The van der Waals surface area contributed by atoms with Gasteiger partial charge in [-0.05, 0) is 67.4 Å². The van der Waals surface area contributed by atoms with Gasteiger partial charge in [-0.3, -0.25) is 14.4 Å². The van der Waals surface area contributed by atoms with Gasteiger partial charge in [0, 0.05) is 17.1 Å². The van der Waals surface area contributed by atoms with Gasteiger partial charge in [0.2, 0.25) is 5.91 Å². The van der Waals surface area contributed by atoms with Crippen molar-refractivity contribution in [2.24, 2.45) is 0 Å². The molecule has 1 atom stereocenters. The Morgan fingerprint density at radius 3 is 2.39 bits per heavy atom. The molecule has 3 amide bonds. The van der Waals surface area contributed by atoms with Gasteiger partial charge in [-0.1, -0.05) is 35.4 Å². The Morgan fingerprint density at radius 1 is 1.00 bits per heavy atom. The third-order valence-corrected chi connectivity index (χ3v) is 6.45. The predicted octanol–water partition coefficient (Wildman–Crippen LogP) is 4.68. The Kier molecular flexibility index (Phi) is 7.60. The number of ether oxygens (including phenoxy) is 2. The van der Waals surface area contributed by atoms with E-state index < -0.39 is 11.9 Å². The number of aryl methyl sites for hydroxylation is 1. The Hall–Kier alpha value is -3.84. The van der Waals surface area contributed by atoms with Crippen molar-refractivity contribution in [1.29, 1.82) is 0 Å². The quantitative estimate of drug-likeness (QED) is 0.414. The van der Waals surface area contributed by atoms with Crippen molar-refractivity contribution in [2.45, 2.75) is 25.8 Å². The fourth-order valence-electron chi connectivity index (χ4n) is 4.35. The van der Waals surface area contributed by atoms with Crippen LogP contribution in [0.5, 0.6) is 11.5 Å². The molecular weight excluding hydrogens is 480 g/mol. The molecule has 1 unspecified atom stereocenters. The van der Waals surface area contributed by atoms with Crippen molar-refractivity contribution in [3.63, 3.8) is 0 Å². The zero-order chi connectivity index (χ0) is 25.8. The molecule has 3 aromatic rings. The minimum absolute atomic E-state index is 0.0923. The van der Waals surface area contributed by atoms with Crippen molar-refractivity contribution in [3.8, 4) is 11.5 Å². The molecule has 0 radical (unpaired) electrons. The summed E-state index contributed by atoms with van der Waals surface area (Å²) in [5.41, 5.74) is 2.73. The molecule has 0 saturated carbocycles. The number of hydrogen-bond donors (Lipinski definition) is 0. The number of imide groups is 1. The SMILES string of the molecule is COc1ccc(CCN(C(=O)c2cccc(C)c2)C2CC(=O)N(c3ccc(Cl)cc3)C2=O)cc1OC. The van der Waals surface area contributed by atoms with Crippen molar-refractivity contribution in [2.75, 3.05) is 25.7 Å². The molecule has 0 N–H and O–H groups in total. The van der Waals surface area contributed by atoms with Crippen LogP contribution in [0.2, 0.25) is 5.02 Å². The highest BCUT2D eigenvalue weighted by molar-refractivity contribution is 6.31. The Morgan fingerprint density at radius 2 is 1.72 bits per heavy atom. The Labute approximate surface area is 215 Å². The van der Waals surface area contributed by atoms with Crippen LogP contribution in [0.3, 0.4) is 0 Å². The molecule has 4 rings (SSSR count). The van der Waals surface area contributed by atoms with Gasteiger partial charge in [-0.2, -0.15) is 0 Å². The summed E-state index contributed by atoms with van der Waals surface area (Å²) in [6.07, 6.45) is 0.363. The standard InChI is InChI=1S/C28H27ClN2O5/c1-18-5-4-6-20(15-18)27(33)30(14-13-19-7-12-24(35-2)25(16-19)36-3)23-17-26(32)31(28(23)34)22-10-8-21(29)9-11-22/h4-12,15-16,23H,13-14,17H2,1-3H3. The van der Waals surface area contributed by atoms with Gasteiger partial charge in [0.05, 0.1) is 26.3 Å². The molecule has 7 nitrogen and oxygen atoms in total. The van der Waals surface area contributed by atoms with Gasteiger partial charge in [-0.25, -0.2) is 4.90 Å². The second-order valence-electron chi connectivity index (χ2n) is 8.57. The normalized spacial score (nSPS) is 15.2. The molecule has 1 fully saturated rings. The first kappa shape index (κ1) is 25.3. The van der Waals surface area contributed by atoms with Crippen molar-refractivity contribution >= 4 is 35.0 Å².